The zero-order valence-corrected chi connectivity index (χ0v) is 11.1. The van der Waals surface area contributed by atoms with Gasteiger partial charge < -0.3 is 10.0 Å². The minimum Gasteiger partial charge on any atom is -0.465 e. The number of carbonyl (C=O) groups excluding carboxylic acids is 1. The molecular formula is C14H14F3NO3. The lowest BCUT2D eigenvalue weighted by molar-refractivity contribution is -0.137. The van der Waals surface area contributed by atoms with Crippen molar-refractivity contribution in [2.75, 3.05) is 13.1 Å². The number of hydrogen-bond acceptors (Lipinski definition) is 2. The van der Waals surface area contributed by atoms with Gasteiger partial charge in [-0.15, -0.1) is 0 Å². The van der Waals surface area contributed by atoms with Crippen LogP contribution in [-0.2, 0) is 6.18 Å². The molecule has 21 heavy (non-hydrogen) atoms. The van der Waals surface area contributed by atoms with Crippen LogP contribution in [0.25, 0.3) is 0 Å². The largest absolute Gasteiger partial charge is 0.465 e. The van der Waals surface area contributed by atoms with Gasteiger partial charge in [-0.1, -0.05) is 18.2 Å². The Hall–Kier alpha value is -2.05. The summed E-state index contributed by atoms with van der Waals surface area (Å²) in [6.45, 7) is 0.333. The van der Waals surface area contributed by atoms with Gasteiger partial charge in [0.2, 0.25) is 0 Å². The number of piperidine rings is 1. The molecule has 7 heteroatoms. The van der Waals surface area contributed by atoms with E-state index in [2.05, 4.69) is 0 Å². The topological polar surface area (TPSA) is 57.6 Å². The van der Waals surface area contributed by atoms with Crippen LogP contribution in [0.3, 0.4) is 0 Å². The van der Waals surface area contributed by atoms with Gasteiger partial charge >= 0.3 is 12.3 Å². The molecule has 1 aliphatic heterocycles. The van der Waals surface area contributed by atoms with E-state index in [1.54, 1.807) is 0 Å². The molecule has 1 aromatic carbocycles. The number of hydrogen-bond donors (Lipinski definition) is 1. The highest BCUT2D eigenvalue weighted by atomic mass is 19.4. The summed E-state index contributed by atoms with van der Waals surface area (Å²) in [7, 11) is 0. The molecule has 0 aromatic heterocycles. The summed E-state index contributed by atoms with van der Waals surface area (Å²) >= 11 is 0. The lowest BCUT2D eigenvalue weighted by Gasteiger charge is -2.29. The van der Waals surface area contributed by atoms with E-state index in [0.29, 0.717) is 0 Å². The van der Waals surface area contributed by atoms with Crippen LogP contribution in [-0.4, -0.2) is 35.0 Å². The lowest BCUT2D eigenvalue weighted by atomic mass is 9.87. The van der Waals surface area contributed by atoms with Gasteiger partial charge in [-0.3, -0.25) is 4.79 Å². The second kappa shape index (κ2) is 5.75. The maximum Gasteiger partial charge on any atom is 0.417 e. The molecule has 1 saturated heterocycles. The Kier molecular flexibility index (Phi) is 4.20. The van der Waals surface area contributed by atoms with E-state index >= 15 is 0 Å². The van der Waals surface area contributed by atoms with Gasteiger partial charge in [0.15, 0.2) is 5.78 Å². The van der Waals surface area contributed by atoms with Crippen LogP contribution in [0.4, 0.5) is 18.0 Å². The first-order valence-corrected chi connectivity index (χ1v) is 6.49. The molecule has 1 N–H and O–H groups in total. The Bertz CT molecular complexity index is 549. The molecule has 0 bridgehead atoms. The van der Waals surface area contributed by atoms with Crippen molar-refractivity contribution in [3.8, 4) is 0 Å². The monoisotopic (exact) mass is 301 g/mol. The fourth-order valence-corrected chi connectivity index (χ4v) is 2.50. The van der Waals surface area contributed by atoms with Crippen molar-refractivity contribution in [2.45, 2.75) is 19.0 Å². The van der Waals surface area contributed by atoms with E-state index in [4.69, 9.17) is 5.11 Å². The number of rotatable bonds is 2. The SMILES string of the molecule is O=C(c1ccccc1C(F)(F)F)C1CCN(C(=O)O)CC1. The number of halogens is 3. The Labute approximate surface area is 119 Å². The average Bonchev–Trinajstić information content (AvgIpc) is 2.45. The van der Waals surface area contributed by atoms with Crippen molar-refractivity contribution in [3.05, 3.63) is 35.4 Å². The highest BCUT2D eigenvalue weighted by Crippen LogP contribution is 2.34. The molecule has 2 rings (SSSR count). The summed E-state index contributed by atoms with van der Waals surface area (Å²) in [4.78, 5) is 24.2. The van der Waals surface area contributed by atoms with Gasteiger partial charge in [-0.25, -0.2) is 4.79 Å². The molecule has 0 atom stereocenters. The van der Waals surface area contributed by atoms with E-state index in [1.807, 2.05) is 0 Å². The molecule has 4 nitrogen and oxygen atoms in total. The molecule has 0 radical (unpaired) electrons. The first kappa shape index (κ1) is 15.3. The van der Waals surface area contributed by atoms with Crippen molar-refractivity contribution in [1.29, 1.82) is 0 Å². The van der Waals surface area contributed by atoms with Crippen LogP contribution >= 0.6 is 0 Å². The molecule has 0 saturated carbocycles. The fourth-order valence-electron chi connectivity index (χ4n) is 2.50. The Morgan fingerprint density at radius 3 is 2.24 bits per heavy atom. The molecule has 0 spiro atoms. The molecule has 1 fully saturated rings. The highest BCUT2D eigenvalue weighted by molar-refractivity contribution is 5.99. The summed E-state index contributed by atoms with van der Waals surface area (Å²) in [5.74, 6) is -1.13. The van der Waals surface area contributed by atoms with Gasteiger partial charge in [-0.05, 0) is 18.9 Å². The minimum absolute atomic E-state index is 0.167. The third-order valence-electron chi connectivity index (χ3n) is 3.63. The fraction of sp³-hybridized carbons (Fsp3) is 0.429. The Balaban J connectivity index is 2.17. The van der Waals surface area contributed by atoms with Crippen LogP contribution in [0.1, 0.15) is 28.8 Å². The first-order valence-electron chi connectivity index (χ1n) is 6.49. The summed E-state index contributed by atoms with van der Waals surface area (Å²) in [6.07, 6.45) is -5.15. The van der Waals surface area contributed by atoms with Crippen molar-refractivity contribution >= 4 is 11.9 Å². The second-order valence-corrected chi connectivity index (χ2v) is 4.95. The average molecular weight is 301 g/mol. The smallest absolute Gasteiger partial charge is 0.417 e. The van der Waals surface area contributed by atoms with Gasteiger partial charge in [-0.2, -0.15) is 13.2 Å². The van der Waals surface area contributed by atoms with E-state index in [-0.39, 0.29) is 31.5 Å². The standard InChI is InChI=1S/C14H14F3NO3/c15-14(16,17)11-4-2-1-3-10(11)12(19)9-5-7-18(8-6-9)13(20)21/h1-4,9H,5-8H2,(H,20,21). The number of likely N-dealkylation sites (tertiary alicyclic amines) is 1. The van der Waals surface area contributed by atoms with Gasteiger partial charge in [0, 0.05) is 24.6 Å². The molecular weight excluding hydrogens is 287 g/mol. The molecule has 0 aliphatic carbocycles. The van der Waals surface area contributed by atoms with Crippen LogP contribution in [0.2, 0.25) is 0 Å². The molecule has 1 aliphatic rings. The number of carbonyl (C=O) groups is 2. The van der Waals surface area contributed by atoms with Crippen LogP contribution in [0.5, 0.6) is 0 Å². The molecule has 0 unspecified atom stereocenters. The quantitative estimate of drug-likeness (QED) is 0.853. The molecule has 1 amide bonds. The zero-order valence-electron chi connectivity index (χ0n) is 11.1. The van der Waals surface area contributed by atoms with E-state index in [1.165, 1.54) is 23.1 Å². The number of amides is 1. The first-order chi connectivity index (χ1) is 9.80. The molecule has 114 valence electrons. The normalized spacial score (nSPS) is 16.8. The third-order valence-corrected chi connectivity index (χ3v) is 3.63. The Morgan fingerprint density at radius 2 is 1.71 bits per heavy atom. The van der Waals surface area contributed by atoms with Crippen LogP contribution < -0.4 is 0 Å². The van der Waals surface area contributed by atoms with Gasteiger partial charge in [0.05, 0.1) is 5.56 Å². The third kappa shape index (κ3) is 3.34. The number of ketones is 1. The van der Waals surface area contributed by atoms with Crippen molar-refractivity contribution < 1.29 is 27.9 Å². The van der Waals surface area contributed by atoms with Crippen LogP contribution in [0, 0.1) is 5.92 Å². The predicted octanol–water partition coefficient (Wildman–Crippen LogP) is 3.28. The maximum atomic E-state index is 12.9. The zero-order chi connectivity index (χ0) is 15.6. The van der Waals surface area contributed by atoms with Crippen LogP contribution in [0.15, 0.2) is 24.3 Å². The number of alkyl halides is 3. The van der Waals surface area contributed by atoms with Gasteiger partial charge in [0.1, 0.15) is 0 Å². The van der Waals surface area contributed by atoms with Crippen molar-refractivity contribution in [2.24, 2.45) is 5.92 Å². The number of nitrogens with zero attached hydrogens (tertiary/aromatic N) is 1. The van der Waals surface area contributed by atoms with Crippen molar-refractivity contribution in [1.82, 2.24) is 4.90 Å². The minimum atomic E-state index is -4.58. The number of carboxylic acid groups (broad SMARTS) is 1. The maximum absolute atomic E-state index is 12.9. The molecule has 1 heterocycles. The second-order valence-electron chi connectivity index (χ2n) is 4.95. The van der Waals surface area contributed by atoms with E-state index in [0.717, 1.165) is 6.07 Å². The summed E-state index contributed by atoms with van der Waals surface area (Å²) in [5.41, 5.74) is -1.27. The predicted molar refractivity (Wildman–Crippen MR) is 68.1 cm³/mol. The van der Waals surface area contributed by atoms with Gasteiger partial charge in [0.25, 0.3) is 0 Å². The highest BCUT2D eigenvalue weighted by Gasteiger charge is 2.37. The summed E-state index contributed by atoms with van der Waals surface area (Å²) in [5, 5.41) is 8.82. The Morgan fingerprint density at radius 1 is 1.14 bits per heavy atom. The van der Waals surface area contributed by atoms with E-state index in [9.17, 15) is 22.8 Å². The summed E-state index contributed by atoms with van der Waals surface area (Å²) < 4.78 is 38.7. The number of benzene rings is 1. The number of Topliss-reactive ketones (excluding diaryl/α,β-unsaturated/α-hetero) is 1. The van der Waals surface area contributed by atoms with E-state index < -0.39 is 29.5 Å². The van der Waals surface area contributed by atoms with Crippen molar-refractivity contribution in [3.63, 3.8) is 0 Å². The lowest BCUT2D eigenvalue weighted by Crippen LogP contribution is -2.39. The summed E-state index contributed by atoms with van der Waals surface area (Å²) in [6, 6.07) is 4.70. The molecule has 1 aromatic rings.